The fourth-order valence-corrected chi connectivity index (χ4v) is 4.20. The number of carboxylic acid groups (broad SMARTS) is 1. The van der Waals surface area contributed by atoms with Crippen LogP contribution in [-0.4, -0.2) is 46.3 Å². The highest BCUT2D eigenvalue weighted by Gasteiger charge is 2.29. The van der Waals surface area contributed by atoms with Crippen molar-refractivity contribution in [2.75, 3.05) is 24.5 Å². The lowest BCUT2D eigenvalue weighted by atomic mass is 10.1. The SMILES string of the molecule is CC1CN(c2c(F)cc3cc4c(=O)c(C(=O)O)cn(C5CC5)c4nc3c2F)CCN1. The summed E-state index contributed by atoms with van der Waals surface area (Å²) in [6, 6.07) is 2.63. The van der Waals surface area contributed by atoms with Gasteiger partial charge in [-0.25, -0.2) is 18.6 Å². The number of rotatable bonds is 3. The average Bonchev–Trinajstić information content (AvgIpc) is 3.52. The van der Waals surface area contributed by atoms with Gasteiger partial charge in [-0.05, 0) is 31.9 Å². The van der Waals surface area contributed by atoms with E-state index in [-0.39, 0.29) is 45.3 Å². The van der Waals surface area contributed by atoms with Crippen LogP contribution in [0.2, 0.25) is 0 Å². The van der Waals surface area contributed by atoms with Crippen molar-refractivity contribution in [2.24, 2.45) is 0 Å². The molecule has 30 heavy (non-hydrogen) atoms. The van der Waals surface area contributed by atoms with Gasteiger partial charge in [-0.2, -0.15) is 0 Å². The lowest BCUT2D eigenvalue weighted by molar-refractivity contribution is 0.0695. The van der Waals surface area contributed by atoms with Crippen molar-refractivity contribution in [1.29, 1.82) is 0 Å². The number of fused-ring (bicyclic) bond motifs is 2. The van der Waals surface area contributed by atoms with Crippen molar-refractivity contribution in [3.63, 3.8) is 0 Å². The van der Waals surface area contributed by atoms with Gasteiger partial charge >= 0.3 is 5.97 Å². The van der Waals surface area contributed by atoms with Gasteiger partial charge in [0.1, 0.15) is 28.2 Å². The molecule has 2 N–H and O–H groups in total. The summed E-state index contributed by atoms with van der Waals surface area (Å²) in [5.41, 5.74) is -0.996. The maximum atomic E-state index is 15.5. The highest BCUT2D eigenvalue weighted by Crippen LogP contribution is 2.38. The second-order valence-electron chi connectivity index (χ2n) is 8.07. The normalized spacial score (nSPS) is 19.6. The fourth-order valence-electron chi connectivity index (χ4n) is 4.20. The second kappa shape index (κ2) is 6.73. The number of hydrogen-bond acceptors (Lipinski definition) is 5. The zero-order valence-electron chi connectivity index (χ0n) is 16.3. The van der Waals surface area contributed by atoms with Crippen LogP contribution in [0, 0.1) is 11.6 Å². The highest BCUT2D eigenvalue weighted by atomic mass is 19.1. The van der Waals surface area contributed by atoms with Crippen LogP contribution >= 0.6 is 0 Å². The van der Waals surface area contributed by atoms with E-state index in [4.69, 9.17) is 0 Å². The lowest BCUT2D eigenvalue weighted by Gasteiger charge is -2.34. The van der Waals surface area contributed by atoms with Crippen molar-refractivity contribution in [1.82, 2.24) is 14.9 Å². The van der Waals surface area contributed by atoms with Crippen molar-refractivity contribution in [3.05, 3.63) is 45.8 Å². The largest absolute Gasteiger partial charge is 0.477 e. The van der Waals surface area contributed by atoms with Gasteiger partial charge in [0.25, 0.3) is 0 Å². The van der Waals surface area contributed by atoms with E-state index in [0.29, 0.717) is 19.6 Å². The molecule has 1 atom stereocenters. The van der Waals surface area contributed by atoms with Crippen LogP contribution in [0.3, 0.4) is 0 Å². The summed E-state index contributed by atoms with van der Waals surface area (Å²) in [7, 11) is 0. The number of hydrogen-bond donors (Lipinski definition) is 2. The van der Waals surface area contributed by atoms with E-state index in [1.54, 1.807) is 9.47 Å². The standard InChI is InChI=1S/C21H20F2N4O3/c1-10-8-26(5-4-24-10)18-15(22)7-11-6-13-19(28)14(21(29)30)9-27(12-2-3-12)20(13)25-17(11)16(18)23/h6-7,9-10,12,24H,2-5,8H2,1H3,(H,29,30). The molecule has 7 nitrogen and oxygen atoms in total. The lowest BCUT2D eigenvalue weighted by Crippen LogP contribution is -2.49. The van der Waals surface area contributed by atoms with Gasteiger partial charge in [-0.15, -0.1) is 0 Å². The van der Waals surface area contributed by atoms with Gasteiger partial charge in [-0.3, -0.25) is 4.79 Å². The fraction of sp³-hybridized carbons (Fsp3) is 0.381. The van der Waals surface area contributed by atoms with Crippen LogP contribution in [-0.2, 0) is 0 Å². The molecule has 1 aliphatic carbocycles. The summed E-state index contributed by atoms with van der Waals surface area (Å²) in [6.45, 7) is 3.49. The molecule has 2 aliphatic rings. The third-order valence-electron chi connectivity index (χ3n) is 5.81. The van der Waals surface area contributed by atoms with Gasteiger partial charge in [-0.1, -0.05) is 0 Å². The zero-order valence-corrected chi connectivity index (χ0v) is 16.3. The van der Waals surface area contributed by atoms with E-state index < -0.39 is 23.0 Å². The van der Waals surface area contributed by atoms with Crippen molar-refractivity contribution in [3.8, 4) is 0 Å². The minimum atomic E-state index is -1.34. The van der Waals surface area contributed by atoms with Gasteiger partial charge in [0, 0.05) is 43.3 Å². The minimum absolute atomic E-state index is 0.0214. The molecule has 156 valence electrons. The number of pyridine rings is 2. The molecule has 2 aromatic heterocycles. The predicted molar refractivity (Wildman–Crippen MR) is 108 cm³/mol. The van der Waals surface area contributed by atoms with E-state index in [1.807, 2.05) is 6.92 Å². The Morgan fingerprint density at radius 3 is 2.73 bits per heavy atom. The summed E-state index contributed by atoms with van der Waals surface area (Å²) in [6.07, 6.45) is 2.93. The molecule has 0 amide bonds. The predicted octanol–water partition coefficient (Wildman–Crippen LogP) is 2.66. The molecule has 1 unspecified atom stereocenters. The molecule has 1 aromatic carbocycles. The van der Waals surface area contributed by atoms with Crippen LogP contribution in [0.5, 0.6) is 0 Å². The van der Waals surface area contributed by atoms with Crippen LogP contribution in [0.4, 0.5) is 14.5 Å². The van der Waals surface area contributed by atoms with Crippen LogP contribution in [0.1, 0.15) is 36.2 Å². The summed E-state index contributed by atoms with van der Waals surface area (Å²) in [4.78, 5) is 30.3. The first-order valence-electron chi connectivity index (χ1n) is 9.94. The first-order chi connectivity index (χ1) is 14.3. The topological polar surface area (TPSA) is 87.5 Å². The van der Waals surface area contributed by atoms with Crippen LogP contribution in [0.25, 0.3) is 21.9 Å². The molecule has 0 spiro atoms. The number of aromatic carboxylic acids is 1. The van der Waals surface area contributed by atoms with Crippen molar-refractivity contribution < 1.29 is 18.7 Å². The second-order valence-corrected chi connectivity index (χ2v) is 8.07. The molecule has 0 radical (unpaired) electrons. The quantitative estimate of drug-likeness (QED) is 0.641. The summed E-state index contributed by atoms with van der Waals surface area (Å²) in [5, 5.41) is 12.8. The van der Waals surface area contributed by atoms with E-state index in [1.165, 1.54) is 18.3 Å². The molecule has 9 heteroatoms. The maximum absolute atomic E-state index is 15.5. The summed E-state index contributed by atoms with van der Waals surface area (Å²) >= 11 is 0. The van der Waals surface area contributed by atoms with E-state index in [9.17, 15) is 19.1 Å². The number of nitrogens with zero attached hydrogens (tertiary/aromatic N) is 3. The molecule has 1 saturated carbocycles. The Hall–Kier alpha value is -3.07. The average molecular weight is 414 g/mol. The van der Waals surface area contributed by atoms with Crippen LogP contribution < -0.4 is 15.6 Å². The molecule has 5 rings (SSSR count). The van der Waals surface area contributed by atoms with E-state index in [2.05, 4.69) is 10.3 Å². The van der Waals surface area contributed by atoms with Gasteiger partial charge in [0.05, 0.1) is 5.39 Å². The summed E-state index contributed by atoms with van der Waals surface area (Å²) < 4.78 is 32.0. The van der Waals surface area contributed by atoms with Gasteiger partial charge in [0.2, 0.25) is 5.43 Å². The monoisotopic (exact) mass is 414 g/mol. The minimum Gasteiger partial charge on any atom is -0.477 e. The number of carboxylic acids is 1. The van der Waals surface area contributed by atoms with E-state index in [0.717, 1.165) is 12.8 Å². The van der Waals surface area contributed by atoms with E-state index >= 15 is 4.39 Å². The Morgan fingerprint density at radius 1 is 1.30 bits per heavy atom. The highest BCUT2D eigenvalue weighted by molar-refractivity contribution is 5.97. The molecule has 2 fully saturated rings. The first kappa shape index (κ1) is 18.9. The third kappa shape index (κ3) is 2.92. The number of anilines is 1. The maximum Gasteiger partial charge on any atom is 0.341 e. The number of carbonyl (C=O) groups is 1. The number of benzene rings is 1. The Kier molecular flexibility index (Phi) is 4.25. The van der Waals surface area contributed by atoms with Gasteiger partial charge < -0.3 is 19.9 Å². The number of piperazine rings is 1. The Balaban J connectivity index is 1.79. The molecule has 1 saturated heterocycles. The zero-order chi connectivity index (χ0) is 21.2. The molecule has 1 aliphatic heterocycles. The number of aromatic nitrogens is 2. The smallest absolute Gasteiger partial charge is 0.341 e. The Bertz CT molecular complexity index is 1270. The Morgan fingerprint density at radius 2 is 2.07 bits per heavy atom. The molecular weight excluding hydrogens is 394 g/mol. The molecule has 3 heterocycles. The molecule has 3 aromatic rings. The van der Waals surface area contributed by atoms with Crippen LogP contribution in [0.15, 0.2) is 23.1 Å². The summed E-state index contributed by atoms with van der Waals surface area (Å²) in [5.74, 6) is -2.83. The number of nitrogens with one attached hydrogen (secondary N) is 1. The Labute approximate surface area is 169 Å². The van der Waals surface area contributed by atoms with Gasteiger partial charge in [0.15, 0.2) is 5.82 Å². The molecular formula is C21H20F2N4O3. The number of halogens is 2. The molecule has 0 bridgehead atoms. The van der Waals surface area contributed by atoms with Crippen molar-refractivity contribution in [2.45, 2.75) is 31.8 Å². The third-order valence-corrected chi connectivity index (χ3v) is 5.81. The van der Waals surface area contributed by atoms with Crippen molar-refractivity contribution >= 4 is 33.6 Å². The first-order valence-corrected chi connectivity index (χ1v) is 9.94.